The van der Waals surface area contributed by atoms with Gasteiger partial charge in [0.1, 0.15) is 0 Å². The van der Waals surface area contributed by atoms with Crippen molar-refractivity contribution in [2.24, 2.45) is 0 Å². The van der Waals surface area contributed by atoms with Gasteiger partial charge in [0.05, 0.1) is 12.2 Å². The Labute approximate surface area is 90.7 Å². The molecular weight excluding hydrogens is 224 g/mol. The minimum Gasteiger partial charge on any atom is -0.303 e. The zero-order valence-electron chi connectivity index (χ0n) is 8.63. The highest BCUT2D eigenvalue weighted by Crippen LogP contribution is 2.22. The van der Waals surface area contributed by atoms with Crippen molar-refractivity contribution in [2.75, 3.05) is 6.54 Å². The molecule has 1 aromatic heterocycles. The van der Waals surface area contributed by atoms with Crippen LogP contribution in [0.25, 0.3) is 0 Å². The SMILES string of the molecule is CC(NCC(F)(F)C(F)F)c1ccccn1. The molecule has 0 aromatic carbocycles. The predicted octanol–water partition coefficient (Wildman–Crippen LogP) is 2.63. The van der Waals surface area contributed by atoms with Crippen LogP contribution in [0.15, 0.2) is 24.4 Å². The van der Waals surface area contributed by atoms with Crippen molar-refractivity contribution < 1.29 is 17.6 Å². The van der Waals surface area contributed by atoms with E-state index in [0.29, 0.717) is 5.69 Å². The van der Waals surface area contributed by atoms with Gasteiger partial charge in [-0.2, -0.15) is 8.78 Å². The monoisotopic (exact) mass is 236 g/mol. The highest BCUT2D eigenvalue weighted by Gasteiger charge is 2.40. The smallest absolute Gasteiger partial charge is 0.303 e. The molecule has 0 saturated carbocycles. The van der Waals surface area contributed by atoms with Gasteiger partial charge < -0.3 is 5.32 Å². The third kappa shape index (κ3) is 3.44. The van der Waals surface area contributed by atoms with Crippen LogP contribution in [0.3, 0.4) is 0 Å². The van der Waals surface area contributed by atoms with Crippen LogP contribution in [0.4, 0.5) is 17.6 Å². The maximum absolute atomic E-state index is 12.6. The van der Waals surface area contributed by atoms with Gasteiger partial charge in [0.2, 0.25) is 0 Å². The number of halogens is 4. The van der Waals surface area contributed by atoms with Crippen LogP contribution in [-0.2, 0) is 0 Å². The summed E-state index contributed by atoms with van der Waals surface area (Å²) in [6.45, 7) is 0.520. The molecule has 0 spiro atoms. The molecule has 0 saturated heterocycles. The van der Waals surface area contributed by atoms with Gasteiger partial charge in [-0.1, -0.05) is 6.07 Å². The quantitative estimate of drug-likeness (QED) is 0.795. The summed E-state index contributed by atoms with van der Waals surface area (Å²) in [5.41, 5.74) is 0.535. The van der Waals surface area contributed by atoms with Crippen molar-refractivity contribution >= 4 is 0 Å². The second-order valence-electron chi connectivity index (χ2n) is 3.42. The molecule has 1 unspecified atom stereocenters. The molecule has 2 nitrogen and oxygen atoms in total. The molecule has 0 aliphatic carbocycles. The summed E-state index contributed by atoms with van der Waals surface area (Å²) in [7, 11) is 0. The molecule has 1 heterocycles. The van der Waals surface area contributed by atoms with Crippen LogP contribution in [0, 0.1) is 0 Å². The number of nitrogens with one attached hydrogen (secondary N) is 1. The first-order valence-electron chi connectivity index (χ1n) is 4.74. The Balaban J connectivity index is 2.51. The number of alkyl halides is 4. The third-order valence-electron chi connectivity index (χ3n) is 2.09. The highest BCUT2D eigenvalue weighted by molar-refractivity contribution is 5.07. The van der Waals surface area contributed by atoms with Gasteiger partial charge in [-0.3, -0.25) is 4.98 Å². The minimum absolute atomic E-state index is 0.495. The summed E-state index contributed by atoms with van der Waals surface area (Å²) in [4.78, 5) is 3.93. The predicted molar refractivity (Wildman–Crippen MR) is 51.6 cm³/mol. The van der Waals surface area contributed by atoms with Gasteiger partial charge in [0.15, 0.2) is 0 Å². The molecule has 0 aliphatic rings. The van der Waals surface area contributed by atoms with Crippen molar-refractivity contribution in [1.82, 2.24) is 10.3 Å². The molecular formula is C10H12F4N2. The van der Waals surface area contributed by atoms with Gasteiger partial charge in [-0.25, -0.2) is 8.78 Å². The highest BCUT2D eigenvalue weighted by atomic mass is 19.3. The molecule has 90 valence electrons. The van der Waals surface area contributed by atoms with Crippen molar-refractivity contribution in [3.8, 4) is 0 Å². The molecule has 1 rings (SSSR count). The molecule has 0 amide bonds. The molecule has 0 fully saturated rings. The van der Waals surface area contributed by atoms with Crippen molar-refractivity contribution in [3.63, 3.8) is 0 Å². The van der Waals surface area contributed by atoms with Gasteiger partial charge in [0.25, 0.3) is 0 Å². The Hall–Kier alpha value is -1.17. The van der Waals surface area contributed by atoms with E-state index in [-0.39, 0.29) is 0 Å². The number of nitrogens with zero attached hydrogens (tertiary/aromatic N) is 1. The van der Waals surface area contributed by atoms with Gasteiger partial charge in [-0.05, 0) is 19.1 Å². The van der Waals surface area contributed by atoms with Crippen LogP contribution in [0.5, 0.6) is 0 Å². The Morgan fingerprint density at radius 1 is 1.38 bits per heavy atom. The maximum atomic E-state index is 12.6. The summed E-state index contributed by atoms with van der Waals surface area (Å²) in [6.07, 6.45) is -2.14. The second kappa shape index (κ2) is 5.25. The van der Waals surface area contributed by atoms with Crippen LogP contribution < -0.4 is 5.32 Å². The summed E-state index contributed by atoms with van der Waals surface area (Å²) < 4.78 is 48.9. The zero-order valence-corrected chi connectivity index (χ0v) is 8.63. The first-order valence-corrected chi connectivity index (χ1v) is 4.74. The van der Waals surface area contributed by atoms with E-state index in [1.54, 1.807) is 25.1 Å². The molecule has 1 atom stereocenters. The molecule has 16 heavy (non-hydrogen) atoms. The molecule has 0 aliphatic heterocycles. The molecule has 1 N–H and O–H groups in total. The standard InChI is InChI=1S/C10H12F4N2/c1-7(8-4-2-3-5-15-8)16-6-10(13,14)9(11)12/h2-5,7,9,16H,6H2,1H3. The van der Waals surface area contributed by atoms with E-state index in [9.17, 15) is 17.6 Å². The zero-order chi connectivity index (χ0) is 12.2. The van der Waals surface area contributed by atoms with Crippen molar-refractivity contribution in [3.05, 3.63) is 30.1 Å². The van der Waals surface area contributed by atoms with Crippen LogP contribution in [0.1, 0.15) is 18.7 Å². The lowest BCUT2D eigenvalue weighted by Gasteiger charge is -2.19. The average Bonchev–Trinajstić information content (AvgIpc) is 2.27. The van der Waals surface area contributed by atoms with E-state index >= 15 is 0 Å². The molecule has 6 heteroatoms. The fourth-order valence-corrected chi connectivity index (χ4v) is 1.10. The largest absolute Gasteiger partial charge is 0.319 e. The second-order valence-corrected chi connectivity index (χ2v) is 3.42. The summed E-state index contributed by atoms with van der Waals surface area (Å²) in [6, 6.07) is 4.53. The number of hydrogen-bond acceptors (Lipinski definition) is 2. The van der Waals surface area contributed by atoms with E-state index in [0.717, 1.165) is 0 Å². The van der Waals surface area contributed by atoms with Crippen molar-refractivity contribution in [2.45, 2.75) is 25.3 Å². The summed E-state index contributed by atoms with van der Waals surface area (Å²) in [5.74, 6) is -4.01. The number of aromatic nitrogens is 1. The Morgan fingerprint density at radius 3 is 2.56 bits per heavy atom. The molecule has 1 aromatic rings. The van der Waals surface area contributed by atoms with Crippen LogP contribution in [-0.4, -0.2) is 23.9 Å². The Bertz CT molecular complexity index is 316. The van der Waals surface area contributed by atoms with E-state index in [2.05, 4.69) is 10.3 Å². The number of hydrogen-bond donors (Lipinski definition) is 1. The third-order valence-corrected chi connectivity index (χ3v) is 2.09. The average molecular weight is 236 g/mol. The lowest BCUT2D eigenvalue weighted by atomic mass is 10.2. The minimum atomic E-state index is -4.01. The number of rotatable bonds is 5. The van der Waals surface area contributed by atoms with E-state index in [4.69, 9.17) is 0 Å². The normalized spacial score (nSPS) is 14.1. The molecule has 0 bridgehead atoms. The summed E-state index contributed by atoms with van der Waals surface area (Å²) >= 11 is 0. The summed E-state index contributed by atoms with van der Waals surface area (Å²) in [5, 5.41) is 2.33. The lowest BCUT2D eigenvalue weighted by Crippen LogP contribution is -2.39. The van der Waals surface area contributed by atoms with Crippen molar-refractivity contribution in [1.29, 1.82) is 0 Å². The van der Waals surface area contributed by atoms with E-state index < -0.39 is 24.9 Å². The van der Waals surface area contributed by atoms with E-state index in [1.165, 1.54) is 6.20 Å². The van der Waals surface area contributed by atoms with Gasteiger partial charge in [0, 0.05) is 12.2 Å². The number of pyridine rings is 1. The molecule has 0 radical (unpaired) electrons. The topological polar surface area (TPSA) is 24.9 Å². The first-order chi connectivity index (χ1) is 7.43. The van der Waals surface area contributed by atoms with Crippen LogP contribution >= 0.6 is 0 Å². The lowest BCUT2D eigenvalue weighted by molar-refractivity contribution is -0.126. The Kier molecular flexibility index (Phi) is 4.23. The van der Waals surface area contributed by atoms with Crippen LogP contribution in [0.2, 0.25) is 0 Å². The maximum Gasteiger partial charge on any atom is 0.319 e. The fourth-order valence-electron chi connectivity index (χ4n) is 1.10. The fraction of sp³-hybridized carbons (Fsp3) is 0.500. The van der Waals surface area contributed by atoms with Gasteiger partial charge in [-0.15, -0.1) is 0 Å². The Morgan fingerprint density at radius 2 is 2.06 bits per heavy atom. The first kappa shape index (κ1) is 12.9. The van der Waals surface area contributed by atoms with E-state index in [1.807, 2.05) is 0 Å². The van der Waals surface area contributed by atoms with Gasteiger partial charge >= 0.3 is 12.3 Å².